The van der Waals surface area contributed by atoms with Gasteiger partial charge in [-0.05, 0) is 24.3 Å². The summed E-state index contributed by atoms with van der Waals surface area (Å²) in [6.45, 7) is 0.637. The lowest BCUT2D eigenvalue weighted by molar-refractivity contribution is -0.117. The monoisotopic (exact) mass is 237 g/mol. The van der Waals surface area contributed by atoms with Crippen LogP contribution < -0.4 is 9.64 Å². The molecule has 0 radical (unpaired) electrons. The molecular formula is C12H12ClNO2. The van der Waals surface area contributed by atoms with Crippen molar-refractivity contribution in [1.82, 2.24) is 0 Å². The van der Waals surface area contributed by atoms with Gasteiger partial charge in [-0.3, -0.25) is 4.79 Å². The van der Waals surface area contributed by atoms with Crippen LogP contribution in [-0.2, 0) is 4.79 Å². The molecule has 1 fully saturated rings. The predicted molar refractivity (Wildman–Crippen MR) is 64.2 cm³/mol. The molecule has 2 rings (SSSR count). The van der Waals surface area contributed by atoms with Gasteiger partial charge in [0, 0.05) is 17.1 Å². The van der Waals surface area contributed by atoms with Crippen molar-refractivity contribution in [2.24, 2.45) is 0 Å². The van der Waals surface area contributed by atoms with Crippen LogP contribution in [0.1, 0.15) is 0 Å². The third-order valence-corrected chi connectivity index (χ3v) is 2.71. The van der Waals surface area contributed by atoms with Gasteiger partial charge in [0.15, 0.2) is 0 Å². The Morgan fingerprint density at radius 3 is 2.62 bits per heavy atom. The maximum Gasteiger partial charge on any atom is 0.256 e. The number of nitrogens with zero attached hydrogens (tertiary/aromatic N) is 1. The number of halogens is 1. The van der Waals surface area contributed by atoms with Crippen LogP contribution >= 0.6 is 11.6 Å². The Bertz CT molecular complexity index is 425. The maximum absolute atomic E-state index is 11.7. The molecule has 0 atom stereocenters. The number of anilines is 1. The molecule has 84 valence electrons. The molecule has 16 heavy (non-hydrogen) atoms. The Kier molecular flexibility index (Phi) is 3.15. The highest BCUT2D eigenvalue weighted by atomic mass is 35.5. The maximum atomic E-state index is 11.7. The van der Waals surface area contributed by atoms with E-state index >= 15 is 0 Å². The molecule has 0 aliphatic carbocycles. The van der Waals surface area contributed by atoms with Gasteiger partial charge >= 0.3 is 0 Å². The fourth-order valence-corrected chi connectivity index (χ4v) is 1.79. The van der Waals surface area contributed by atoms with Gasteiger partial charge in [-0.15, -0.1) is 11.6 Å². The van der Waals surface area contributed by atoms with E-state index in [9.17, 15) is 4.79 Å². The second-order valence-electron chi connectivity index (χ2n) is 3.47. The van der Waals surface area contributed by atoms with Crippen LogP contribution in [0.25, 0.3) is 0 Å². The minimum atomic E-state index is 0.0332. The summed E-state index contributed by atoms with van der Waals surface area (Å²) in [5, 5.41) is 0. The number of alkyl halides is 1. The van der Waals surface area contributed by atoms with E-state index in [0.29, 0.717) is 12.4 Å². The number of β-lactam (4-membered cyclic amide) rings is 1. The molecule has 1 saturated heterocycles. The van der Waals surface area contributed by atoms with E-state index in [1.165, 1.54) is 0 Å². The smallest absolute Gasteiger partial charge is 0.256 e. The van der Waals surface area contributed by atoms with Crippen LogP contribution in [-0.4, -0.2) is 25.4 Å². The second-order valence-corrected chi connectivity index (χ2v) is 3.78. The van der Waals surface area contributed by atoms with Crippen molar-refractivity contribution >= 4 is 23.2 Å². The first-order valence-corrected chi connectivity index (χ1v) is 5.50. The topological polar surface area (TPSA) is 29.5 Å². The average molecular weight is 238 g/mol. The number of hydrogen-bond acceptors (Lipinski definition) is 2. The van der Waals surface area contributed by atoms with Crippen molar-refractivity contribution in [3.63, 3.8) is 0 Å². The van der Waals surface area contributed by atoms with Crippen molar-refractivity contribution in [2.45, 2.75) is 0 Å². The van der Waals surface area contributed by atoms with Crippen LogP contribution in [0.5, 0.6) is 5.75 Å². The van der Waals surface area contributed by atoms with E-state index < -0.39 is 0 Å². The van der Waals surface area contributed by atoms with Crippen LogP contribution in [0.2, 0.25) is 0 Å². The van der Waals surface area contributed by atoms with Gasteiger partial charge < -0.3 is 9.64 Å². The number of amides is 1. The molecule has 0 N–H and O–H groups in total. The van der Waals surface area contributed by atoms with Crippen LogP contribution in [0.4, 0.5) is 5.69 Å². The lowest BCUT2D eigenvalue weighted by atomic mass is 10.1. The van der Waals surface area contributed by atoms with Crippen molar-refractivity contribution in [3.8, 4) is 5.75 Å². The summed E-state index contributed by atoms with van der Waals surface area (Å²) >= 11 is 5.54. The zero-order chi connectivity index (χ0) is 11.5. The Morgan fingerprint density at radius 1 is 1.44 bits per heavy atom. The van der Waals surface area contributed by atoms with Crippen molar-refractivity contribution < 1.29 is 9.53 Å². The number of rotatable bonds is 3. The van der Waals surface area contributed by atoms with Gasteiger partial charge in [0.2, 0.25) is 0 Å². The van der Waals surface area contributed by atoms with E-state index in [0.717, 1.165) is 17.0 Å². The van der Waals surface area contributed by atoms with Gasteiger partial charge in [-0.2, -0.15) is 0 Å². The first kappa shape index (κ1) is 11.0. The first-order valence-electron chi connectivity index (χ1n) is 4.97. The summed E-state index contributed by atoms with van der Waals surface area (Å²) in [5.74, 6) is 1.21. The van der Waals surface area contributed by atoms with E-state index in [1.807, 2.05) is 24.3 Å². The number of allylic oxidation sites excluding steroid dienone is 1. The van der Waals surface area contributed by atoms with Gasteiger partial charge in [0.05, 0.1) is 13.7 Å². The predicted octanol–water partition coefficient (Wildman–Crippen LogP) is 2.21. The minimum absolute atomic E-state index is 0.0332. The number of hydrogen-bond donors (Lipinski definition) is 0. The fourth-order valence-electron chi connectivity index (χ4n) is 1.61. The molecule has 0 bridgehead atoms. The normalized spacial score (nSPS) is 17.5. The number of carbonyl (C=O) groups is 1. The van der Waals surface area contributed by atoms with Gasteiger partial charge in [-0.25, -0.2) is 0 Å². The molecule has 1 aromatic carbocycles. The quantitative estimate of drug-likeness (QED) is 0.458. The van der Waals surface area contributed by atoms with Gasteiger partial charge in [0.25, 0.3) is 5.91 Å². The third kappa shape index (κ3) is 1.91. The highest BCUT2D eigenvalue weighted by molar-refractivity contribution is 6.20. The lowest BCUT2D eigenvalue weighted by Gasteiger charge is -2.33. The van der Waals surface area contributed by atoms with Gasteiger partial charge in [0.1, 0.15) is 5.75 Å². The summed E-state index contributed by atoms with van der Waals surface area (Å²) in [6, 6.07) is 7.42. The fraction of sp³-hybridized carbons (Fsp3) is 0.250. The van der Waals surface area contributed by atoms with Crippen LogP contribution in [0, 0.1) is 0 Å². The zero-order valence-corrected chi connectivity index (χ0v) is 9.70. The number of ether oxygens (including phenoxy) is 1. The molecule has 1 amide bonds. The first-order chi connectivity index (χ1) is 7.76. The molecular weight excluding hydrogens is 226 g/mol. The Hall–Kier alpha value is -1.48. The average Bonchev–Trinajstić information content (AvgIpc) is 2.34. The summed E-state index contributed by atoms with van der Waals surface area (Å²) in [6.07, 6.45) is 1.75. The van der Waals surface area contributed by atoms with Crippen molar-refractivity contribution in [1.29, 1.82) is 0 Å². The molecule has 1 aromatic rings. The Morgan fingerprint density at radius 2 is 2.12 bits per heavy atom. The Balaban J connectivity index is 2.10. The van der Waals surface area contributed by atoms with E-state index in [4.69, 9.17) is 16.3 Å². The minimum Gasteiger partial charge on any atom is -0.497 e. The summed E-state index contributed by atoms with van der Waals surface area (Å²) < 4.78 is 5.05. The number of carbonyl (C=O) groups excluding carboxylic acids is 1. The van der Waals surface area contributed by atoms with E-state index in [-0.39, 0.29) is 5.91 Å². The molecule has 0 saturated carbocycles. The molecule has 3 nitrogen and oxygen atoms in total. The van der Waals surface area contributed by atoms with Crippen LogP contribution in [0.3, 0.4) is 0 Å². The van der Waals surface area contributed by atoms with Gasteiger partial charge in [-0.1, -0.05) is 6.08 Å². The Labute approximate surface area is 99.3 Å². The van der Waals surface area contributed by atoms with Crippen molar-refractivity contribution in [2.75, 3.05) is 24.4 Å². The third-order valence-electron chi connectivity index (χ3n) is 2.56. The molecule has 4 heteroatoms. The standard InChI is InChI=1S/C12H12ClNO2/c1-16-11-4-2-10(3-5-11)14-8-9(6-7-13)12(14)15/h2-6H,7-8H2,1H3/b9-6+. The van der Waals surface area contributed by atoms with Crippen molar-refractivity contribution in [3.05, 3.63) is 35.9 Å². The van der Waals surface area contributed by atoms with E-state index in [2.05, 4.69) is 0 Å². The number of methoxy groups -OCH3 is 1. The lowest BCUT2D eigenvalue weighted by Crippen LogP contribution is -2.46. The summed E-state index contributed by atoms with van der Waals surface area (Å²) in [4.78, 5) is 13.4. The SMILES string of the molecule is COc1ccc(N2C/C(=C\CCl)C2=O)cc1. The molecule has 0 unspecified atom stereocenters. The van der Waals surface area contributed by atoms with E-state index in [1.54, 1.807) is 18.1 Å². The summed E-state index contributed by atoms with van der Waals surface area (Å²) in [5.41, 5.74) is 1.67. The molecule has 0 spiro atoms. The largest absolute Gasteiger partial charge is 0.497 e. The summed E-state index contributed by atoms with van der Waals surface area (Å²) in [7, 11) is 1.62. The highest BCUT2D eigenvalue weighted by Crippen LogP contribution is 2.27. The molecule has 1 aliphatic rings. The number of benzene rings is 1. The van der Waals surface area contributed by atoms with Crippen LogP contribution in [0.15, 0.2) is 35.9 Å². The highest BCUT2D eigenvalue weighted by Gasteiger charge is 2.30. The second kappa shape index (κ2) is 4.58. The molecule has 1 heterocycles. The molecule has 0 aromatic heterocycles. The molecule has 1 aliphatic heterocycles. The zero-order valence-electron chi connectivity index (χ0n) is 8.94.